The molecule has 32 heteroatoms. The number of alkyl halides is 4. The Bertz CT molecular complexity index is 5230. The van der Waals surface area contributed by atoms with Gasteiger partial charge in [-0.25, -0.2) is 29.9 Å². The van der Waals surface area contributed by atoms with Crippen LogP contribution >= 0.6 is 63.7 Å². The first-order chi connectivity index (χ1) is 67.4. The van der Waals surface area contributed by atoms with Crippen LogP contribution in [-0.4, -0.2) is 131 Å². The number of halogens is 8. The van der Waals surface area contributed by atoms with E-state index >= 15 is 0 Å². The number of para-hydroxylation sites is 5. The summed E-state index contributed by atoms with van der Waals surface area (Å²) in [5.41, 5.74) is 10.1. The van der Waals surface area contributed by atoms with E-state index in [1.165, 1.54) is 128 Å². The molecule has 0 aliphatic rings. The first-order valence-electron chi connectivity index (χ1n) is 47.6. The number of benzene rings is 5. The third kappa shape index (κ3) is 57.1. The lowest BCUT2D eigenvalue weighted by atomic mass is 10.2. The van der Waals surface area contributed by atoms with Gasteiger partial charge in [-0.2, -0.15) is 34.1 Å². The normalized spacial score (nSPS) is 10.4. The van der Waals surface area contributed by atoms with Crippen LogP contribution in [0.3, 0.4) is 0 Å². The Labute approximate surface area is 914 Å². The minimum atomic E-state index is 0. The minimum Gasteiger partial charge on any atom is -1.00 e. The second-order valence-electron chi connectivity index (χ2n) is 32.1. The van der Waals surface area contributed by atoms with Crippen molar-refractivity contribution in [1.29, 1.82) is 0 Å². The summed E-state index contributed by atoms with van der Waals surface area (Å²) in [5, 5.41) is 31.7. The largest absolute Gasteiger partial charge is 1.00 e. The standard InChI is InChI=1S/C29H39N7.2C19H25BrN3.C13H13N3.C10H14N4.C7H10N2.C6H12Br2.C6H5NO.4BrH/c1-32(28-13-5-4-6-14-28)31-25-29-15-7-10-21-36(29)20-9-3-2-8-18-34-23-24-35(27-34)19-12-11-17-33-22-16-30-26-33;2*1-22(18-11-5-4-6-12-18)21-17-19-13-7-10-16-23(19)15-9-3-2-8-14-20;1-16(13-8-3-2-4-9-13)15-11-12-7-5-6-10-14-12;1(5-13-7-3-11-9-13)2-6-14-8-4-12-10-14;1-9(8)7-5-3-2-4-6-7;7-5-3-1-2-4-6-8;8-5-6-3-1-2-4-7-6;;;;/h4-7,10,13-16,21-27H,2-3,8-9,11-12,17-20H2,1H3;2*4-7,10-13,16-17H,2-3,8-9,14-15H2,1H3;2-11H,1H3;3-4,7-10H,1-2,5-6H2;2-6H,8H2,1H3;1-6H2;1-5H;4*1H/q+2;2*+1;;;;;;;;;/p-4/b;;;15-11+;;;;;;;;. The molecule has 0 radical (unpaired) electrons. The Morgan fingerprint density at radius 2 is 0.582 bits per heavy atom. The van der Waals surface area contributed by atoms with E-state index in [4.69, 9.17) is 5.84 Å². The van der Waals surface area contributed by atoms with Crippen LogP contribution in [0.4, 0.5) is 28.4 Å². The maximum atomic E-state index is 9.94. The molecule has 0 fully saturated rings. The third-order valence-electron chi connectivity index (χ3n) is 21.3. The van der Waals surface area contributed by atoms with Crippen molar-refractivity contribution in [3.8, 4) is 0 Å². The van der Waals surface area contributed by atoms with E-state index in [9.17, 15) is 4.79 Å². The topological polar surface area (TPSA) is 208 Å². The van der Waals surface area contributed by atoms with Gasteiger partial charge in [-0.15, -0.1) is 0 Å². The van der Waals surface area contributed by atoms with Gasteiger partial charge >= 0.3 is 0 Å². The summed E-state index contributed by atoms with van der Waals surface area (Å²) in [4.78, 5) is 29.9. The number of aromatic nitrogens is 13. The molecule has 14 rings (SSSR count). The number of hydrazine groups is 1. The number of aryl methyl sites for hydroxylation is 8. The van der Waals surface area contributed by atoms with E-state index in [0.29, 0.717) is 5.69 Å². The molecular formula is C109H143Br8N23O. The number of pyridine rings is 5. The first kappa shape index (κ1) is 125. The molecule has 756 valence electrons. The molecule has 14 aromatic rings. The number of carbonyl (C=O) groups is 1. The molecule has 0 aliphatic carbocycles. The molecule has 0 aliphatic heterocycles. The van der Waals surface area contributed by atoms with E-state index in [2.05, 4.69) is 274 Å². The predicted octanol–water partition coefficient (Wildman–Crippen LogP) is 10.6. The minimum absolute atomic E-state index is 0. The molecule has 0 saturated heterocycles. The Kier molecular flexibility index (Phi) is 72.9. The molecule has 0 unspecified atom stereocenters. The summed E-state index contributed by atoms with van der Waals surface area (Å²) in [5.74, 6) is 5.45. The van der Waals surface area contributed by atoms with Crippen molar-refractivity contribution < 1.29 is 91.0 Å². The van der Waals surface area contributed by atoms with Crippen molar-refractivity contribution in [2.45, 2.75) is 181 Å². The second-order valence-corrected chi connectivity index (χ2v) is 35.2. The summed E-state index contributed by atoms with van der Waals surface area (Å²) >= 11 is 13.7. The molecule has 2 N–H and O–H groups in total. The highest BCUT2D eigenvalue weighted by Crippen LogP contribution is 2.17. The summed E-state index contributed by atoms with van der Waals surface area (Å²) in [6.45, 7) is 8.40. The number of aldehydes is 1. The van der Waals surface area contributed by atoms with Crippen molar-refractivity contribution in [3.05, 3.63) is 377 Å². The number of unbranched alkanes of at least 4 members (excludes halogenated alkanes) is 14. The molecule has 0 bridgehead atoms. The number of imidazole rings is 4. The van der Waals surface area contributed by atoms with Crippen LogP contribution in [0.25, 0.3) is 0 Å². The highest BCUT2D eigenvalue weighted by atomic mass is 79.9. The molecule has 9 heterocycles. The number of rotatable bonds is 48. The van der Waals surface area contributed by atoms with Gasteiger partial charge in [0.15, 0.2) is 24.9 Å². The Hall–Kier alpha value is -10.2. The molecule has 0 amide bonds. The number of hydrogen-bond donors (Lipinski definition) is 1. The van der Waals surface area contributed by atoms with Crippen LogP contribution in [0.15, 0.2) is 369 Å². The van der Waals surface area contributed by atoms with Crippen molar-refractivity contribution in [3.63, 3.8) is 0 Å². The highest BCUT2D eigenvalue weighted by molar-refractivity contribution is 9.09. The summed E-state index contributed by atoms with van der Waals surface area (Å²) in [6, 6.07) is 80.1. The van der Waals surface area contributed by atoms with E-state index in [1.807, 2.05) is 264 Å². The van der Waals surface area contributed by atoms with Crippen LogP contribution in [0, 0.1) is 0 Å². The lowest BCUT2D eigenvalue weighted by Crippen LogP contribution is -3.00. The van der Waals surface area contributed by atoms with Gasteiger partial charge in [0.25, 0.3) is 0 Å². The maximum absolute atomic E-state index is 9.94. The lowest BCUT2D eigenvalue weighted by molar-refractivity contribution is -0.699. The molecule has 0 spiro atoms. The molecule has 9 aromatic heterocycles. The van der Waals surface area contributed by atoms with Crippen molar-refractivity contribution in [2.75, 3.05) is 81.6 Å². The van der Waals surface area contributed by atoms with Crippen molar-refractivity contribution in [2.24, 2.45) is 26.2 Å². The Morgan fingerprint density at radius 1 is 0.298 bits per heavy atom. The van der Waals surface area contributed by atoms with E-state index < -0.39 is 0 Å². The monoisotopic (exact) mass is 2420 g/mol. The Balaban J connectivity index is 0.000000434. The van der Waals surface area contributed by atoms with E-state index in [0.717, 1.165) is 131 Å². The van der Waals surface area contributed by atoms with Gasteiger partial charge in [-0.1, -0.05) is 193 Å². The fourth-order valence-electron chi connectivity index (χ4n) is 13.5. The fraction of sp³-hybridized carbons (Fsp3) is 0.339. The van der Waals surface area contributed by atoms with E-state index in [-0.39, 0.29) is 67.9 Å². The SMILES string of the molecule is BrCCCCCCBr.CN(/N=C/c1cccc[n+]1CCCCCCBr)c1ccccc1.CN(/N=C/c1cccc[n+]1CCCCCCBr)c1ccccc1.CN(/N=C/c1cccc[n+]1CCCCCC[n+]1ccn(CCCCn2ccnc2)c1)c1ccccc1.CN(/N=C/c1ccccn1)c1ccccc1.CN(N)c1ccccc1.O=Cc1ccccn1.[Br-].[Br-].[Br-].[Br-].c1cn(CCCCn2ccnc2)cn1. The van der Waals surface area contributed by atoms with Gasteiger partial charge in [0.2, 0.25) is 23.4 Å². The van der Waals surface area contributed by atoms with Gasteiger partial charge in [0.1, 0.15) is 56.4 Å². The maximum Gasteiger partial charge on any atom is 0.243 e. The fourth-order valence-corrected chi connectivity index (χ4v) is 15.1. The molecule has 5 aromatic carbocycles. The lowest BCUT2D eigenvalue weighted by Gasteiger charge is -2.11. The van der Waals surface area contributed by atoms with Gasteiger partial charge in [0.05, 0.1) is 72.4 Å². The average molecular weight is 2430 g/mol. The predicted molar refractivity (Wildman–Crippen MR) is 581 cm³/mol. The molecule has 24 nitrogen and oxygen atoms in total. The van der Waals surface area contributed by atoms with Gasteiger partial charge in [-0.3, -0.25) is 34.8 Å². The van der Waals surface area contributed by atoms with Crippen LogP contribution in [0.1, 0.15) is 162 Å². The number of nitrogens with zero attached hydrogens (tertiary/aromatic N) is 22. The van der Waals surface area contributed by atoms with Crippen molar-refractivity contribution in [1.82, 2.24) is 43.2 Å². The third-order valence-corrected chi connectivity index (χ3v) is 23.5. The zero-order valence-electron chi connectivity index (χ0n) is 82.3. The van der Waals surface area contributed by atoms with Crippen molar-refractivity contribution >= 4 is 123 Å². The molecule has 0 atom stereocenters. The Morgan fingerprint density at radius 3 is 0.858 bits per heavy atom. The smallest absolute Gasteiger partial charge is 0.243 e. The molecular weight excluding hydrogens is 2290 g/mol. The van der Waals surface area contributed by atoms with Crippen LogP contribution in [-0.2, 0) is 52.4 Å². The molecule has 141 heavy (non-hydrogen) atoms. The zero-order valence-corrected chi connectivity index (χ0v) is 95.0. The van der Waals surface area contributed by atoms with Gasteiger partial charge in [0, 0.05) is 181 Å². The highest BCUT2D eigenvalue weighted by Gasteiger charge is 2.13. The average Bonchev–Trinajstić information content (AvgIpc) is 1.65. The number of anilines is 5. The molecule has 0 saturated carbocycles. The van der Waals surface area contributed by atoms with Crippen LogP contribution < -0.4 is 117 Å². The van der Waals surface area contributed by atoms with E-state index in [1.54, 1.807) is 41.8 Å². The van der Waals surface area contributed by atoms with Crippen LogP contribution in [0.5, 0.6) is 0 Å². The van der Waals surface area contributed by atoms with Gasteiger partial charge < -0.3 is 86.6 Å². The summed E-state index contributed by atoms with van der Waals surface area (Å²) in [6.07, 6.45) is 66.8. The van der Waals surface area contributed by atoms with Crippen LogP contribution in [0.2, 0.25) is 0 Å². The zero-order chi connectivity index (χ0) is 97.1. The van der Waals surface area contributed by atoms with Gasteiger partial charge in [-0.05, 0) is 187 Å². The number of carbonyl (C=O) groups excluding carboxylic acids is 1. The first-order valence-corrected chi connectivity index (χ1v) is 52.1. The summed E-state index contributed by atoms with van der Waals surface area (Å²) in [7, 11) is 9.65. The number of nitrogens with two attached hydrogens (primary N) is 1. The number of hydrogen-bond acceptors (Lipinski definition) is 16. The number of hydrazone groups is 4. The second kappa shape index (κ2) is 82.3. The quantitative estimate of drug-likeness (QED) is 0.00719. The summed E-state index contributed by atoms with van der Waals surface area (Å²) < 4.78 is 17.8.